The zero-order chi connectivity index (χ0) is 22.3. The molecule has 0 saturated carbocycles. The molecule has 1 aromatic heterocycles. The molecule has 0 aliphatic carbocycles. The minimum absolute atomic E-state index is 0.0591. The van der Waals surface area contributed by atoms with Crippen LogP contribution in [0.25, 0.3) is 17.0 Å². The molecule has 1 saturated heterocycles. The number of hydrogen-bond donors (Lipinski definition) is 1. The van der Waals surface area contributed by atoms with Gasteiger partial charge in [-0.25, -0.2) is 4.79 Å². The first-order valence-electron chi connectivity index (χ1n) is 11.0. The van der Waals surface area contributed by atoms with Gasteiger partial charge in [-0.15, -0.1) is 0 Å². The van der Waals surface area contributed by atoms with Gasteiger partial charge in [0.1, 0.15) is 11.4 Å². The summed E-state index contributed by atoms with van der Waals surface area (Å²) in [5, 5.41) is 10.1. The van der Waals surface area contributed by atoms with Crippen molar-refractivity contribution in [1.82, 2.24) is 9.47 Å². The molecule has 6 heteroatoms. The van der Waals surface area contributed by atoms with Crippen LogP contribution in [0, 0.1) is 0 Å². The van der Waals surface area contributed by atoms with Gasteiger partial charge in [-0.1, -0.05) is 24.3 Å². The zero-order valence-corrected chi connectivity index (χ0v) is 18.1. The number of aryl methyl sites for hydroxylation is 1. The standard InChI is InChI=1S/C26H26N2O4/c1-27-15-19(20-5-2-3-6-22(20)27)16-28-12-4-11-26(17-28)14-23(29)21-13-18(8-10-25(30)31)7-9-24(21)32-26/h2-3,5-10,13,15H,4,11-12,14,16-17H2,1H3,(H,30,31)/b10-8+. The van der Waals surface area contributed by atoms with Crippen molar-refractivity contribution in [2.24, 2.45) is 7.05 Å². The van der Waals surface area contributed by atoms with Crippen LogP contribution in [0.4, 0.5) is 0 Å². The van der Waals surface area contributed by atoms with Crippen LogP contribution < -0.4 is 4.74 Å². The number of ether oxygens (including phenoxy) is 1. The minimum atomic E-state index is -1.02. The molecule has 2 aliphatic rings. The molecule has 164 valence electrons. The second kappa shape index (κ2) is 7.95. The number of hydrogen-bond acceptors (Lipinski definition) is 4. The van der Waals surface area contributed by atoms with Gasteiger partial charge in [-0.2, -0.15) is 0 Å². The molecule has 0 radical (unpaired) electrons. The Balaban J connectivity index is 1.37. The molecular formula is C26H26N2O4. The SMILES string of the molecule is Cn1cc(CN2CCCC3(CC(=O)c4cc(/C=C/C(=O)O)ccc4O3)C2)c2ccccc21. The zero-order valence-electron chi connectivity index (χ0n) is 18.1. The largest absolute Gasteiger partial charge is 0.485 e. The van der Waals surface area contributed by atoms with Crippen LogP contribution in [0.15, 0.2) is 54.7 Å². The average molecular weight is 431 g/mol. The maximum Gasteiger partial charge on any atom is 0.328 e. The van der Waals surface area contributed by atoms with Crippen LogP contribution in [0.1, 0.15) is 40.7 Å². The third-order valence-corrected chi connectivity index (χ3v) is 6.52. The van der Waals surface area contributed by atoms with Crippen molar-refractivity contribution in [2.75, 3.05) is 13.1 Å². The highest BCUT2D eigenvalue weighted by molar-refractivity contribution is 6.01. The number of carbonyl (C=O) groups is 2. The second-order valence-corrected chi connectivity index (χ2v) is 8.91. The quantitative estimate of drug-likeness (QED) is 0.626. The number of aliphatic carboxylic acids is 1. The Morgan fingerprint density at radius 2 is 2.09 bits per heavy atom. The summed E-state index contributed by atoms with van der Waals surface area (Å²) in [6.07, 6.45) is 6.94. The van der Waals surface area contributed by atoms with Gasteiger partial charge in [-0.3, -0.25) is 9.69 Å². The van der Waals surface area contributed by atoms with Crippen molar-refractivity contribution in [3.63, 3.8) is 0 Å². The first kappa shape index (κ1) is 20.5. The van der Waals surface area contributed by atoms with Gasteiger partial charge >= 0.3 is 5.97 Å². The first-order chi connectivity index (χ1) is 15.4. The number of carbonyl (C=O) groups excluding carboxylic acids is 1. The molecule has 2 aromatic carbocycles. The molecule has 2 aliphatic heterocycles. The van der Waals surface area contributed by atoms with E-state index < -0.39 is 11.6 Å². The van der Waals surface area contributed by atoms with E-state index in [1.165, 1.54) is 22.5 Å². The summed E-state index contributed by atoms with van der Waals surface area (Å²) in [4.78, 5) is 26.2. The summed E-state index contributed by atoms with van der Waals surface area (Å²) in [5.41, 5.74) is 3.22. The molecule has 1 N–H and O–H groups in total. The lowest BCUT2D eigenvalue weighted by Gasteiger charge is -2.45. The molecule has 5 rings (SSSR count). The lowest BCUT2D eigenvalue weighted by Crippen LogP contribution is -2.54. The Morgan fingerprint density at radius 1 is 1.25 bits per heavy atom. The highest BCUT2D eigenvalue weighted by atomic mass is 16.5. The van der Waals surface area contributed by atoms with E-state index in [-0.39, 0.29) is 5.78 Å². The molecule has 1 fully saturated rings. The van der Waals surface area contributed by atoms with E-state index in [2.05, 4.69) is 47.0 Å². The van der Waals surface area contributed by atoms with E-state index in [1.807, 2.05) is 0 Å². The molecule has 1 spiro atoms. The highest BCUT2D eigenvalue weighted by Crippen LogP contribution is 2.39. The Kier molecular flexibility index (Phi) is 5.10. The number of carboxylic acid groups (broad SMARTS) is 1. The number of ketones is 1. The summed E-state index contributed by atoms with van der Waals surface area (Å²) >= 11 is 0. The Bertz CT molecular complexity index is 1240. The molecule has 0 amide bonds. The highest BCUT2D eigenvalue weighted by Gasteiger charge is 2.43. The Labute approximate surface area is 186 Å². The third kappa shape index (κ3) is 3.82. The minimum Gasteiger partial charge on any atom is -0.485 e. The number of benzene rings is 2. The van der Waals surface area contributed by atoms with Crippen LogP contribution in [-0.4, -0.2) is 45.0 Å². The molecule has 0 bridgehead atoms. The van der Waals surface area contributed by atoms with Crippen molar-refractivity contribution in [1.29, 1.82) is 0 Å². The van der Waals surface area contributed by atoms with E-state index in [0.717, 1.165) is 32.0 Å². The van der Waals surface area contributed by atoms with Gasteiger partial charge in [-0.05, 0) is 54.8 Å². The Hall–Kier alpha value is -3.38. The van der Waals surface area contributed by atoms with Crippen LogP contribution in [-0.2, 0) is 18.4 Å². The molecule has 3 heterocycles. The van der Waals surface area contributed by atoms with Gasteiger partial charge in [0.15, 0.2) is 5.78 Å². The Morgan fingerprint density at radius 3 is 2.94 bits per heavy atom. The molecule has 32 heavy (non-hydrogen) atoms. The second-order valence-electron chi connectivity index (χ2n) is 8.91. The van der Waals surface area contributed by atoms with Crippen LogP contribution in [0.5, 0.6) is 5.75 Å². The third-order valence-electron chi connectivity index (χ3n) is 6.52. The summed E-state index contributed by atoms with van der Waals surface area (Å²) in [7, 11) is 2.07. The van der Waals surface area contributed by atoms with Crippen molar-refractivity contribution in [3.8, 4) is 5.75 Å². The van der Waals surface area contributed by atoms with Gasteiger partial charge < -0.3 is 14.4 Å². The van der Waals surface area contributed by atoms with Crippen molar-refractivity contribution >= 4 is 28.7 Å². The summed E-state index contributed by atoms with van der Waals surface area (Å²) in [5.74, 6) is -0.359. The number of rotatable bonds is 4. The number of para-hydroxylation sites is 1. The van der Waals surface area contributed by atoms with Gasteiger partial charge in [0, 0.05) is 43.3 Å². The maximum absolute atomic E-state index is 13.1. The van der Waals surface area contributed by atoms with Crippen molar-refractivity contribution < 1.29 is 19.4 Å². The lowest BCUT2D eigenvalue weighted by molar-refractivity contribution is -0.131. The fourth-order valence-corrected chi connectivity index (χ4v) is 5.13. The number of aromatic nitrogens is 1. The summed E-state index contributed by atoms with van der Waals surface area (Å²) < 4.78 is 8.63. The molecule has 1 atom stereocenters. The van der Waals surface area contributed by atoms with Gasteiger partial charge in [0.05, 0.1) is 12.0 Å². The predicted molar refractivity (Wildman–Crippen MR) is 123 cm³/mol. The van der Waals surface area contributed by atoms with E-state index in [0.29, 0.717) is 29.8 Å². The number of carboxylic acids is 1. The maximum atomic E-state index is 13.1. The van der Waals surface area contributed by atoms with Crippen molar-refractivity contribution in [3.05, 3.63) is 71.4 Å². The summed E-state index contributed by atoms with van der Waals surface area (Å²) in [6, 6.07) is 13.7. The number of Topliss-reactive ketones (excluding diaryl/α,β-unsaturated/α-hetero) is 1. The monoisotopic (exact) mass is 430 g/mol. The fraction of sp³-hybridized carbons (Fsp3) is 0.308. The average Bonchev–Trinajstić information content (AvgIpc) is 3.08. The normalized spacial score (nSPS) is 21.2. The molecule has 3 aromatic rings. The lowest BCUT2D eigenvalue weighted by atomic mass is 9.83. The smallest absolute Gasteiger partial charge is 0.328 e. The van der Waals surface area contributed by atoms with Crippen LogP contribution in [0.3, 0.4) is 0 Å². The van der Waals surface area contributed by atoms with E-state index in [1.54, 1.807) is 18.2 Å². The number of likely N-dealkylation sites (tertiary alicyclic amines) is 1. The molecule has 1 unspecified atom stereocenters. The first-order valence-corrected chi connectivity index (χ1v) is 11.0. The molecular weight excluding hydrogens is 404 g/mol. The predicted octanol–water partition coefficient (Wildman–Crippen LogP) is 4.28. The molecule has 6 nitrogen and oxygen atoms in total. The van der Waals surface area contributed by atoms with Gasteiger partial charge in [0.25, 0.3) is 0 Å². The number of piperidine rings is 1. The van der Waals surface area contributed by atoms with Gasteiger partial charge in [0.2, 0.25) is 0 Å². The topological polar surface area (TPSA) is 71.8 Å². The van der Waals surface area contributed by atoms with Crippen LogP contribution in [0.2, 0.25) is 0 Å². The van der Waals surface area contributed by atoms with E-state index in [9.17, 15) is 9.59 Å². The van der Waals surface area contributed by atoms with E-state index in [4.69, 9.17) is 9.84 Å². The van der Waals surface area contributed by atoms with Crippen LogP contribution >= 0.6 is 0 Å². The number of fused-ring (bicyclic) bond motifs is 2. The van der Waals surface area contributed by atoms with Crippen molar-refractivity contribution in [2.45, 2.75) is 31.4 Å². The van der Waals surface area contributed by atoms with E-state index >= 15 is 0 Å². The summed E-state index contributed by atoms with van der Waals surface area (Å²) in [6.45, 7) is 2.52. The number of nitrogens with zero attached hydrogens (tertiary/aromatic N) is 2. The fourth-order valence-electron chi connectivity index (χ4n) is 5.13.